The quantitative estimate of drug-likeness (QED) is 0.0267. The monoisotopic (exact) mass is 945 g/mol. The minimum absolute atomic E-state index is 0.116. The van der Waals surface area contributed by atoms with Gasteiger partial charge in [-0.25, -0.2) is 0 Å². The molecule has 6 atom stereocenters. The molecule has 0 aromatic heterocycles. The minimum atomic E-state index is -1.54. The number of aliphatic hydroxyl groups is 4. The van der Waals surface area contributed by atoms with E-state index >= 15 is 0 Å². The van der Waals surface area contributed by atoms with E-state index in [0.717, 1.165) is 77.0 Å². The van der Waals surface area contributed by atoms with Crippen LogP contribution in [-0.4, -0.2) is 89.6 Å². The van der Waals surface area contributed by atoms with Crippen molar-refractivity contribution in [2.24, 2.45) is 0 Å². The van der Waals surface area contributed by atoms with Crippen molar-refractivity contribution in [3.8, 4) is 0 Å². The lowest BCUT2D eigenvalue weighted by molar-refractivity contribution is -0.305. The first kappa shape index (κ1) is 62.9. The van der Waals surface area contributed by atoms with Gasteiger partial charge in [0.05, 0.1) is 19.8 Å². The SMILES string of the molecule is CC/C=C\C/C=C\C/C=C\C/C=C\C/C=C\CCCCCCCCCCOCC(COC1OC(CO)C(O)C(O)C1O)OC(=O)CCCCCCCCCCCCCCCCCCCCCC. The molecule has 0 aromatic rings. The first-order valence-corrected chi connectivity index (χ1v) is 27.9. The number of carbonyl (C=O) groups is 1. The molecule has 0 radical (unpaired) electrons. The van der Waals surface area contributed by atoms with Crippen LogP contribution in [0.15, 0.2) is 60.8 Å². The van der Waals surface area contributed by atoms with Gasteiger partial charge in [-0.05, 0) is 57.8 Å². The number of esters is 1. The van der Waals surface area contributed by atoms with Crippen LogP contribution in [0.2, 0.25) is 0 Å². The van der Waals surface area contributed by atoms with Crippen LogP contribution in [0.5, 0.6) is 0 Å². The van der Waals surface area contributed by atoms with Gasteiger partial charge in [-0.3, -0.25) is 4.79 Å². The zero-order chi connectivity index (χ0) is 48.5. The Hall–Kier alpha value is -2.11. The fourth-order valence-corrected chi connectivity index (χ4v) is 8.40. The fourth-order valence-electron chi connectivity index (χ4n) is 8.40. The molecule has 0 spiro atoms. The molecule has 0 bridgehead atoms. The molecule has 0 aromatic carbocycles. The Morgan fingerprint density at radius 2 is 0.910 bits per heavy atom. The van der Waals surface area contributed by atoms with Gasteiger partial charge >= 0.3 is 5.97 Å². The van der Waals surface area contributed by atoms with E-state index in [1.807, 2.05) is 0 Å². The van der Waals surface area contributed by atoms with Crippen molar-refractivity contribution in [1.29, 1.82) is 0 Å². The maximum absolute atomic E-state index is 12.9. The lowest BCUT2D eigenvalue weighted by atomic mass is 9.99. The highest BCUT2D eigenvalue weighted by molar-refractivity contribution is 5.69. The van der Waals surface area contributed by atoms with Crippen LogP contribution in [0, 0.1) is 0 Å². The second-order valence-corrected chi connectivity index (χ2v) is 19.0. The predicted molar refractivity (Wildman–Crippen MR) is 279 cm³/mol. The standard InChI is InChI=1S/C58H104O9/c1-3-5-7-9-11-13-15-17-19-21-23-25-26-27-28-30-32-34-36-38-40-42-44-46-48-64-50-52(51-65-58-57(63)56(62)55(61)53(49-59)67-58)66-54(60)47-45-43-41-39-37-35-33-31-29-24-22-20-18-16-14-12-10-8-6-4-2/h5,7,11,13,17,19,23,25,27-28,52-53,55-59,61-63H,3-4,6,8-10,12,14-16,18,20-22,24,26,29-51H2,1-2H3/b7-5-,13-11-,19-17-,25-23-,28-27-. The third-order valence-corrected chi connectivity index (χ3v) is 12.7. The molecule has 67 heavy (non-hydrogen) atoms. The van der Waals surface area contributed by atoms with Gasteiger partial charge < -0.3 is 39.4 Å². The van der Waals surface area contributed by atoms with Crippen LogP contribution in [0.3, 0.4) is 0 Å². The van der Waals surface area contributed by atoms with Gasteiger partial charge in [-0.15, -0.1) is 0 Å². The smallest absolute Gasteiger partial charge is 0.306 e. The molecular formula is C58H104O9. The first-order chi connectivity index (χ1) is 32.9. The summed E-state index contributed by atoms with van der Waals surface area (Å²) >= 11 is 0. The number of aliphatic hydroxyl groups excluding tert-OH is 4. The zero-order valence-corrected chi connectivity index (χ0v) is 43.1. The van der Waals surface area contributed by atoms with Gasteiger partial charge in [0.1, 0.15) is 30.5 Å². The number of carbonyl (C=O) groups excluding carboxylic acids is 1. The van der Waals surface area contributed by atoms with E-state index in [0.29, 0.717) is 13.0 Å². The average molecular weight is 945 g/mol. The van der Waals surface area contributed by atoms with E-state index in [2.05, 4.69) is 74.6 Å². The van der Waals surface area contributed by atoms with Crippen LogP contribution in [0.1, 0.15) is 239 Å². The normalized spacial score (nSPS) is 19.6. The number of allylic oxidation sites excluding steroid dienone is 10. The molecule has 0 amide bonds. The molecular weight excluding hydrogens is 841 g/mol. The lowest BCUT2D eigenvalue weighted by Crippen LogP contribution is -2.59. The summed E-state index contributed by atoms with van der Waals surface area (Å²) in [5, 5.41) is 40.3. The van der Waals surface area contributed by atoms with Crippen LogP contribution in [0.25, 0.3) is 0 Å². The highest BCUT2D eigenvalue weighted by atomic mass is 16.7. The molecule has 6 unspecified atom stereocenters. The van der Waals surface area contributed by atoms with Gasteiger partial charge in [0, 0.05) is 13.0 Å². The molecule has 1 saturated heterocycles. The highest BCUT2D eigenvalue weighted by Gasteiger charge is 2.44. The lowest BCUT2D eigenvalue weighted by Gasteiger charge is -2.39. The van der Waals surface area contributed by atoms with Crippen molar-refractivity contribution in [3.05, 3.63) is 60.8 Å². The summed E-state index contributed by atoms with van der Waals surface area (Å²) in [5.74, 6) is -0.314. The number of unbranched alkanes of at least 4 members (excludes halogenated alkanes) is 27. The summed E-state index contributed by atoms with van der Waals surface area (Å²) in [6, 6.07) is 0. The first-order valence-electron chi connectivity index (χ1n) is 27.9. The van der Waals surface area contributed by atoms with E-state index in [1.54, 1.807) is 0 Å². The Morgan fingerprint density at radius 1 is 0.493 bits per heavy atom. The molecule has 390 valence electrons. The van der Waals surface area contributed by atoms with Crippen LogP contribution in [0.4, 0.5) is 0 Å². The van der Waals surface area contributed by atoms with E-state index < -0.39 is 43.4 Å². The zero-order valence-electron chi connectivity index (χ0n) is 43.1. The van der Waals surface area contributed by atoms with Crippen LogP contribution < -0.4 is 0 Å². The molecule has 1 fully saturated rings. The third kappa shape index (κ3) is 39.3. The van der Waals surface area contributed by atoms with Crippen molar-refractivity contribution < 1.29 is 44.2 Å². The second kappa shape index (κ2) is 48.9. The molecule has 1 aliphatic rings. The van der Waals surface area contributed by atoms with Crippen molar-refractivity contribution >= 4 is 5.97 Å². The molecule has 1 aliphatic heterocycles. The van der Waals surface area contributed by atoms with E-state index in [-0.39, 0.29) is 19.2 Å². The Balaban J connectivity index is 2.18. The van der Waals surface area contributed by atoms with Crippen molar-refractivity contribution in [1.82, 2.24) is 0 Å². The Kier molecular flexibility index (Phi) is 45.9. The highest BCUT2D eigenvalue weighted by Crippen LogP contribution is 2.23. The molecule has 0 saturated carbocycles. The van der Waals surface area contributed by atoms with E-state index in [4.69, 9.17) is 18.9 Å². The van der Waals surface area contributed by atoms with Crippen molar-refractivity contribution in [2.45, 2.75) is 275 Å². The summed E-state index contributed by atoms with van der Waals surface area (Å²) in [7, 11) is 0. The molecule has 9 heteroatoms. The van der Waals surface area contributed by atoms with Crippen molar-refractivity contribution in [2.75, 3.05) is 26.4 Å². The van der Waals surface area contributed by atoms with Crippen LogP contribution >= 0.6 is 0 Å². The number of hydrogen-bond donors (Lipinski definition) is 4. The topological polar surface area (TPSA) is 135 Å². The summed E-state index contributed by atoms with van der Waals surface area (Å²) in [6.45, 7) is 4.46. The minimum Gasteiger partial charge on any atom is -0.457 e. The third-order valence-electron chi connectivity index (χ3n) is 12.7. The summed E-state index contributed by atoms with van der Waals surface area (Å²) in [5.41, 5.74) is 0. The number of rotatable bonds is 48. The van der Waals surface area contributed by atoms with E-state index in [1.165, 1.54) is 141 Å². The largest absolute Gasteiger partial charge is 0.457 e. The van der Waals surface area contributed by atoms with Gasteiger partial charge in [0.25, 0.3) is 0 Å². The maximum atomic E-state index is 12.9. The van der Waals surface area contributed by atoms with Gasteiger partial charge in [0.2, 0.25) is 0 Å². The summed E-state index contributed by atoms with van der Waals surface area (Å²) in [4.78, 5) is 12.9. The Labute approximate surface area is 411 Å². The predicted octanol–water partition coefficient (Wildman–Crippen LogP) is 14.2. The van der Waals surface area contributed by atoms with Gasteiger partial charge in [0.15, 0.2) is 6.29 Å². The van der Waals surface area contributed by atoms with Gasteiger partial charge in [-0.1, -0.05) is 235 Å². The molecule has 1 rings (SSSR count). The Bertz CT molecular complexity index is 1210. The fraction of sp³-hybridized carbons (Fsp3) is 0.810. The van der Waals surface area contributed by atoms with E-state index in [9.17, 15) is 25.2 Å². The number of hydrogen-bond acceptors (Lipinski definition) is 9. The molecule has 9 nitrogen and oxygen atoms in total. The summed E-state index contributed by atoms with van der Waals surface area (Å²) < 4.78 is 23.0. The maximum Gasteiger partial charge on any atom is 0.306 e. The summed E-state index contributed by atoms with van der Waals surface area (Å²) in [6.07, 6.45) is 56.9. The van der Waals surface area contributed by atoms with Crippen molar-refractivity contribution in [3.63, 3.8) is 0 Å². The average Bonchev–Trinajstić information content (AvgIpc) is 3.33. The van der Waals surface area contributed by atoms with Gasteiger partial charge in [-0.2, -0.15) is 0 Å². The Morgan fingerprint density at radius 3 is 1.37 bits per heavy atom. The molecule has 0 aliphatic carbocycles. The molecule has 4 N–H and O–H groups in total. The second-order valence-electron chi connectivity index (χ2n) is 19.0. The van der Waals surface area contributed by atoms with Crippen LogP contribution in [-0.2, 0) is 23.7 Å². The number of ether oxygens (including phenoxy) is 4. The molecule has 1 heterocycles.